The van der Waals surface area contributed by atoms with E-state index in [0.717, 1.165) is 13.1 Å². The highest BCUT2D eigenvalue weighted by Crippen LogP contribution is 2.32. The second-order valence-corrected chi connectivity index (χ2v) is 7.86. The second-order valence-electron chi connectivity index (χ2n) is 7.86. The lowest BCUT2D eigenvalue weighted by atomic mass is 9.89. The number of nitrogens with one attached hydrogen (secondary N) is 2. The van der Waals surface area contributed by atoms with Crippen molar-refractivity contribution in [2.45, 2.75) is 58.0 Å². The highest BCUT2D eigenvalue weighted by Gasteiger charge is 2.34. The number of carbonyl (C=O) groups is 1. The molecule has 2 saturated heterocycles. The van der Waals surface area contributed by atoms with Crippen LogP contribution in [0.3, 0.4) is 0 Å². The van der Waals surface area contributed by atoms with Crippen LogP contribution in [0, 0.1) is 11.3 Å². The van der Waals surface area contributed by atoms with Crippen LogP contribution in [-0.2, 0) is 4.79 Å². The van der Waals surface area contributed by atoms with Gasteiger partial charge in [0.25, 0.3) is 0 Å². The number of halogens is 2. The first-order valence-electron chi connectivity index (χ1n) is 8.01. The maximum Gasteiger partial charge on any atom is 0.220 e. The molecule has 6 heteroatoms. The molecule has 0 spiro atoms. The van der Waals surface area contributed by atoms with Crippen LogP contribution in [0.4, 0.5) is 0 Å². The third-order valence-electron chi connectivity index (χ3n) is 4.55. The van der Waals surface area contributed by atoms with Crippen LogP contribution in [0.25, 0.3) is 0 Å². The summed E-state index contributed by atoms with van der Waals surface area (Å²) in [5, 5.41) is 6.77. The van der Waals surface area contributed by atoms with Crippen molar-refractivity contribution in [2.75, 3.05) is 27.2 Å². The standard InChI is InChI=1S/C16H31N3O.2ClH/c1-16(2,11-19(3)4)10-17-15(20)9-12-7-13-5-6-14(8-12)18-13;;/h12-14,18H,5-11H2,1-4H3,(H,17,20);2*1H. The molecule has 0 aromatic heterocycles. The zero-order chi connectivity index (χ0) is 14.8. The number of carbonyl (C=O) groups excluding carboxylic acids is 1. The third kappa shape index (κ3) is 7.03. The molecule has 0 aromatic carbocycles. The molecule has 2 N–H and O–H groups in total. The van der Waals surface area contributed by atoms with Crippen LogP contribution in [0.1, 0.15) is 46.0 Å². The molecule has 2 heterocycles. The Bertz CT molecular complexity index is 338. The summed E-state index contributed by atoms with van der Waals surface area (Å²) in [5.41, 5.74) is 0.131. The molecule has 2 bridgehead atoms. The normalized spacial score (nSPS) is 27.0. The molecular weight excluding hydrogens is 321 g/mol. The van der Waals surface area contributed by atoms with E-state index in [1.165, 1.54) is 25.7 Å². The molecule has 1 amide bonds. The van der Waals surface area contributed by atoms with E-state index in [1.807, 2.05) is 0 Å². The Morgan fingerprint density at radius 2 is 1.73 bits per heavy atom. The maximum atomic E-state index is 12.1. The lowest BCUT2D eigenvalue weighted by molar-refractivity contribution is -0.122. The average molecular weight is 354 g/mol. The molecule has 2 atom stereocenters. The summed E-state index contributed by atoms with van der Waals surface area (Å²) in [5.74, 6) is 0.828. The second kappa shape index (κ2) is 9.31. The molecule has 132 valence electrons. The van der Waals surface area contributed by atoms with Crippen molar-refractivity contribution in [1.29, 1.82) is 0 Å². The van der Waals surface area contributed by atoms with Crippen LogP contribution >= 0.6 is 24.8 Å². The van der Waals surface area contributed by atoms with Gasteiger partial charge in [0.15, 0.2) is 0 Å². The number of hydrogen-bond donors (Lipinski definition) is 2. The topological polar surface area (TPSA) is 44.4 Å². The van der Waals surface area contributed by atoms with Gasteiger partial charge in [0.05, 0.1) is 0 Å². The van der Waals surface area contributed by atoms with E-state index >= 15 is 0 Å². The molecule has 0 radical (unpaired) electrons. The van der Waals surface area contributed by atoms with E-state index in [9.17, 15) is 4.79 Å². The monoisotopic (exact) mass is 353 g/mol. The summed E-state index contributed by atoms with van der Waals surface area (Å²) in [6.07, 6.45) is 5.69. The zero-order valence-electron chi connectivity index (χ0n) is 14.4. The molecule has 2 unspecified atom stereocenters. The molecule has 2 aliphatic heterocycles. The van der Waals surface area contributed by atoms with Crippen LogP contribution in [0.5, 0.6) is 0 Å². The maximum absolute atomic E-state index is 12.1. The first kappa shape index (κ1) is 22.0. The zero-order valence-corrected chi connectivity index (χ0v) is 16.0. The number of nitrogens with zero attached hydrogens (tertiary/aromatic N) is 1. The minimum atomic E-state index is 0. The van der Waals surface area contributed by atoms with Gasteiger partial charge in [0.2, 0.25) is 5.91 Å². The number of amides is 1. The summed E-state index contributed by atoms with van der Waals surface area (Å²) in [7, 11) is 4.16. The predicted molar refractivity (Wildman–Crippen MR) is 97.1 cm³/mol. The molecule has 2 fully saturated rings. The fourth-order valence-corrected chi connectivity index (χ4v) is 3.93. The summed E-state index contributed by atoms with van der Waals surface area (Å²) in [4.78, 5) is 14.3. The Labute approximate surface area is 148 Å². The molecule has 0 aliphatic carbocycles. The molecule has 4 nitrogen and oxygen atoms in total. The minimum Gasteiger partial charge on any atom is -0.356 e. The summed E-state index contributed by atoms with van der Waals surface area (Å²) in [6.45, 7) is 6.17. The van der Waals surface area contributed by atoms with Crippen LogP contribution in [-0.4, -0.2) is 50.1 Å². The lowest BCUT2D eigenvalue weighted by Gasteiger charge is -2.30. The molecule has 22 heavy (non-hydrogen) atoms. The van der Waals surface area contributed by atoms with Crippen molar-refractivity contribution in [3.05, 3.63) is 0 Å². The molecule has 2 aliphatic rings. The van der Waals surface area contributed by atoms with Crippen molar-refractivity contribution >= 4 is 30.7 Å². The SMILES string of the molecule is CN(C)CC(C)(C)CNC(=O)CC1CC2CCC(C1)N2.Cl.Cl. The quantitative estimate of drug-likeness (QED) is 0.770. The van der Waals surface area contributed by atoms with Gasteiger partial charge in [-0.15, -0.1) is 24.8 Å². The molecule has 2 rings (SSSR count). The molecule has 0 saturated carbocycles. The summed E-state index contributed by atoms with van der Waals surface area (Å²) in [6, 6.07) is 1.36. The van der Waals surface area contributed by atoms with E-state index in [1.54, 1.807) is 0 Å². The Balaban J connectivity index is 0.00000220. The van der Waals surface area contributed by atoms with Crippen molar-refractivity contribution in [3.63, 3.8) is 0 Å². The predicted octanol–water partition coefficient (Wildman–Crippen LogP) is 2.45. The fourth-order valence-electron chi connectivity index (χ4n) is 3.93. The van der Waals surface area contributed by atoms with Gasteiger partial charge >= 0.3 is 0 Å². The van der Waals surface area contributed by atoms with Gasteiger partial charge in [0.1, 0.15) is 0 Å². The first-order valence-corrected chi connectivity index (χ1v) is 8.01. The van der Waals surface area contributed by atoms with Gasteiger partial charge in [-0.05, 0) is 51.1 Å². The van der Waals surface area contributed by atoms with E-state index in [4.69, 9.17) is 0 Å². The fraction of sp³-hybridized carbons (Fsp3) is 0.938. The number of hydrogen-bond acceptors (Lipinski definition) is 3. The minimum absolute atomic E-state index is 0. The van der Waals surface area contributed by atoms with Crippen molar-refractivity contribution in [2.24, 2.45) is 11.3 Å². The van der Waals surface area contributed by atoms with E-state index in [0.29, 0.717) is 24.4 Å². The summed E-state index contributed by atoms with van der Waals surface area (Å²) < 4.78 is 0. The summed E-state index contributed by atoms with van der Waals surface area (Å²) >= 11 is 0. The Morgan fingerprint density at radius 1 is 1.18 bits per heavy atom. The first-order chi connectivity index (χ1) is 9.34. The number of piperidine rings is 1. The Morgan fingerprint density at radius 3 is 2.23 bits per heavy atom. The van der Waals surface area contributed by atoms with E-state index in [-0.39, 0.29) is 36.1 Å². The highest BCUT2D eigenvalue weighted by molar-refractivity contribution is 5.85. The van der Waals surface area contributed by atoms with E-state index < -0.39 is 0 Å². The van der Waals surface area contributed by atoms with Crippen LogP contribution in [0.15, 0.2) is 0 Å². The van der Waals surface area contributed by atoms with Gasteiger partial charge in [0, 0.05) is 31.6 Å². The van der Waals surface area contributed by atoms with E-state index in [2.05, 4.69) is 43.5 Å². The number of rotatable bonds is 6. The van der Waals surface area contributed by atoms with Gasteiger partial charge in [-0.25, -0.2) is 0 Å². The third-order valence-corrected chi connectivity index (χ3v) is 4.55. The van der Waals surface area contributed by atoms with Gasteiger partial charge in [-0.3, -0.25) is 4.79 Å². The smallest absolute Gasteiger partial charge is 0.220 e. The van der Waals surface area contributed by atoms with Crippen molar-refractivity contribution in [3.8, 4) is 0 Å². The van der Waals surface area contributed by atoms with Crippen LogP contribution in [0.2, 0.25) is 0 Å². The lowest BCUT2D eigenvalue weighted by Crippen LogP contribution is -2.42. The molecular formula is C16H33Cl2N3O. The Hall–Kier alpha value is -0.0300. The van der Waals surface area contributed by atoms with Gasteiger partial charge in [-0.1, -0.05) is 13.8 Å². The van der Waals surface area contributed by atoms with Crippen LogP contribution < -0.4 is 10.6 Å². The largest absolute Gasteiger partial charge is 0.356 e. The average Bonchev–Trinajstić information content (AvgIpc) is 2.65. The van der Waals surface area contributed by atoms with Gasteiger partial charge in [-0.2, -0.15) is 0 Å². The van der Waals surface area contributed by atoms with Crippen molar-refractivity contribution < 1.29 is 4.79 Å². The molecule has 0 aromatic rings. The van der Waals surface area contributed by atoms with Crippen molar-refractivity contribution in [1.82, 2.24) is 15.5 Å². The highest BCUT2D eigenvalue weighted by atomic mass is 35.5. The Kier molecular flexibility index (Phi) is 9.30. The number of fused-ring (bicyclic) bond motifs is 2. The van der Waals surface area contributed by atoms with Gasteiger partial charge < -0.3 is 15.5 Å².